The number of carbonyl (C=O) groups is 2. The molecule has 164 valence electrons. The average Bonchev–Trinajstić information content (AvgIpc) is 3.03. The fourth-order valence-corrected chi connectivity index (χ4v) is 3.44. The molecule has 1 aliphatic heterocycles. The first-order valence-corrected chi connectivity index (χ1v) is 10.5. The Kier molecular flexibility index (Phi) is 6.95. The number of hydrogen-bond acceptors (Lipinski definition) is 5. The van der Waals surface area contributed by atoms with E-state index in [1.165, 1.54) is 6.21 Å². The van der Waals surface area contributed by atoms with Gasteiger partial charge in [-0.1, -0.05) is 51.1 Å². The van der Waals surface area contributed by atoms with Crippen molar-refractivity contribution in [3.05, 3.63) is 59.7 Å². The highest BCUT2D eigenvalue weighted by atomic mass is 16.5. The molecule has 7 heteroatoms. The number of rotatable bonds is 9. The molecule has 0 unspecified atom stereocenters. The third-order valence-electron chi connectivity index (χ3n) is 5.33. The molecule has 1 saturated heterocycles. The van der Waals surface area contributed by atoms with E-state index in [-0.39, 0.29) is 0 Å². The minimum atomic E-state index is -1.11. The van der Waals surface area contributed by atoms with Gasteiger partial charge in [-0.2, -0.15) is 5.10 Å². The average molecular weight is 424 g/mol. The number of nitrogens with zero attached hydrogens (tertiary/aromatic N) is 2. The van der Waals surface area contributed by atoms with Gasteiger partial charge in [0.2, 0.25) is 0 Å². The number of urea groups is 1. The highest BCUT2D eigenvalue weighted by Crippen LogP contribution is 2.33. The molecule has 2 aromatic rings. The van der Waals surface area contributed by atoms with Crippen LogP contribution in [-0.2, 0) is 10.3 Å². The minimum absolute atomic E-state index is 0.400. The molecule has 1 heterocycles. The van der Waals surface area contributed by atoms with Crippen molar-refractivity contribution in [2.45, 2.75) is 39.2 Å². The van der Waals surface area contributed by atoms with Crippen LogP contribution in [0, 0.1) is 5.92 Å². The number of carbonyl (C=O) groups excluding carboxylic acids is 2. The van der Waals surface area contributed by atoms with Gasteiger partial charge in [-0.3, -0.25) is 4.79 Å². The maximum Gasteiger partial charge on any atom is 0.346 e. The standard InChI is InChI=1S/C24H29N3O4/c1-5-24(19-9-7-6-8-10-19)22(28)27(23(29)26-24)25-16-18-11-12-20(21(15-18)30-4)31-14-13-17(2)3/h6-12,15-17H,5,13-14H2,1-4H3,(H,26,29)/b25-16-/t24-/m0/s1. The molecule has 1 N–H and O–H groups in total. The molecular weight excluding hydrogens is 394 g/mol. The topological polar surface area (TPSA) is 80.2 Å². The second kappa shape index (κ2) is 9.64. The number of nitrogens with one attached hydrogen (secondary N) is 1. The summed E-state index contributed by atoms with van der Waals surface area (Å²) in [7, 11) is 1.57. The molecule has 0 aromatic heterocycles. The zero-order valence-electron chi connectivity index (χ0n) is 18.4. The van der Waals surface area contributed by atoms with Crippen LogP contribution in [0.15, 0.2) is 53.6 Å². The summed E-state index contributed by atoms with van der Waals surface area (Å²) in [5.74, 6) is 1.36. The Hall–Kier alpha value is -3.35. The molecule has 3 rings (SSSR count). The Morgan fingerprint density at radius 3 is 2.52 bits per heavy atom. The smallest absolute Gasteiger partial charge is 0.346 e. The predicted molar refractivity (Wildman–Crippen MR) is 119 cm³/mol. The van der Waals surface area contributed by atoms with Gasteiger partial charge in [0.15, 0.2) is 11.5 Å². The Balaban J connectivity index is 1.78. The minimum Gasteiger partial charge on any atom is -0.493 e. The molecular formula is C24H29N3O4. The summed E-state index contributed by atoms with van der Waals surface area (Å²) >= 11 is 0. The van der Waals surface area contributed by atoms with Crippen molar-refractivity contribution < 1.29 is 19.1 Å². The van der Waals surface area contributed by atoms with E-state index in [9.17, 15) is 9.59 Å². The summed E-state index contributed by atoms with van der Waals surface area (Å²) in [4.78, 5) is 25.7. The van der Waals surface area contributed by atoms with Crippen molar-refractivity contribution in [1.29, 1.82) is 0 Å². The zero-order chi connectivity index (χ0) is 22.4. The number of hydrogen-bond donors (Lipinski definition) is 1. The summed E-state index contributed by atoms with van der Waals surface area (Å²) in [6, 6.07) is 14.0. The summed E-state index contributed by atoms with van der Waals surface area (Å²) in [6.45, 7) is 6.74. The maximum atomic E-state index is 13.1. The monoisotopic (exact) mass is 423 g/mol. The van der Waals surface area contributed by atoms with Crippen LogP contribution in [0.2, 0.25) is 0 Å². The van der Waals surface area contributed by atoms with Crippen LogP contribution < -0.4 is 14.8 Å². The number of methoxy groups -OCH3 is 1. The lowest BCUT2D eigenvalue weighted by Gasteiger charge is -2.24. The summed E-state index contributed by atoms with van der Waals surface area (Å²) in [5, 5.41) is 7.86. The molecule has 1 atom stereocenters. The Bertz CT molecular complexity index is 959. The molecule has 0 aliphatic carbocycles. The van der Waals surface area contributed by atoms with Gasteiger partial charge in [-0.05, 0) is 48.1 Å². The quantitative estimate of drug-likeness (QED) is 0.481. The lowest BCUT2D eigenvalue weighted by atomic mass is 9.87. The molecule has 3 amide bonds. The van der Waals surface area contributed by atoms with E-state index < -0.39 is 17.5 Å². The number of amides is 3. The van der Waals surface area contributed by atoms with E-state index in [0.29, 0.717) is 36.0 Å². The SMILES string of the molecule is CC[C@@]1(c2ccccc2)NC(=O)N(/N=C\c2ccc(OCCC(C)C)c(OC)c2)C1=O. The molecule has 1 fully saturated rings. The van der Waals surface area contributed by atoms with Crippen LogP contribution >= 0.6 is 0 Å². The third-order valence-corrected chi connectivity index (χ3v) is 5.33. The Labute approximate surface area is 183 Å². The molecule has 31 heavy (non-hydrogen) atoms. The number of imide groups is 1. The molecule has 2 aromatic carbocycles. The van der Waals surface area contributed by atoms with Gasteiger partial charge in [-0.15, -0.1) is 5.01 Å². The van der Waals surface area contributed by atoms with Crippen molar-refractivity contribution in [2.24, 2.45) is 11.0 Å². The molecule has 0 bridgehead atoms. The largest absolute Gasteiger partial charge is 0.493 e. The molecule has 0 radical (unpaired) electrons. The Morgan fingerprint density at radius 2 is 1.87 bits per heavy atom. The lowest BCUT2D eigenvalue weighted by molar-refractivity contribution is -0.131. The second-order valence-corrected chi connectivity index (χ2v) is 7.86. The van der Waals surface area contributed by atoms with Gasteiger partial charge in [0, 0.05) is 0 Å². The highest BCUT2D eigenvalue weighted by Gasteiger charge is 2.51. The number of hydrazone groups is 1. The van der Waals surface area contributed by atoms with Crippen molar-refractivity contribution in [1.82, 2.24) is 10.3 Å². The first-order chi connectivity index (χ1) is 14.9. The van der Waals surface area contributed by atoms with Crippen LogP contribution in [0.4, 0.5) is 4.79 Å². The van der Waals surface area contributed by atoms with Gasteiger partial charge >= 0.3 is 6.03 Å². The maximum absolute atomic E-state index is 13.1. The molecule has 7 nitrogen and oxygen atoms in total. The fourth-order valence-electron chi connectivity index (χ4n) is 3.44. The lowest BCUT2D eigenvalue weighted by Crippen LogP contribution is -2.43. The molecule has 0 spiro atoms. The molecule has 1 aliphatic rings. The van der Waals surface area contributed by atoms with Crippen LogP contribution in [0.25, 0.3) is 0 Å². The summed E-state index contributed by atoms with van der Waals surface area (Å²) in [5.41, 5.74) is 0.307. The first-order valence-electron chi connectivity index (χ1n) is 10.5. The normalized spacial score (nSPS) is 18.7. The van der Waals surface area contributed by atoms with Crippen molar-refractivity contribution in [3.8, 4) is 11.5 Å². The summed E-state index contributed by atoms with van der Waals surface area (Å²) < 4.78 is 11.2. The van der Waals surface area contributed by atoms with Crippen LogP contribution in [0.3, 0.4) is 0 Å². The number of ether oxygens (including phenoxy) is 2. The highest BCUT2D eigenvalue weighted by molar-refractivity contribution is 6.07. The van der Waals surface area contributed by atoms with Crippen LogP contribution in [0.5, 0.6) is 11.5 Å². The first kappa shape index (κ1) is 22.3. The van der Waals surface area contributed by atoms with Crippen molar-refractivity contribution in [3.63, 3.8) is 0 Å². The fraction of sp³-hybridized carbons (Fsp3) is 0.375. The third kappa shape index (κ3) is 4.71. The van der Waals surface area contributed by atoms with Crippen LogP contribution in [0.1, 0.15) is 44.7 Å². The predicted octanol–water partition coefficient (Wildman–Crippen LogP) is 4.31. The van der Waals surface area contributed by atoms with Crippen molar-refractivity contribution in [2.75, 3.05) is 13.7 Å². The van der Waals surface area contributed by atoms with E-state index in [1.54, 1.807) is 25.3 Å². The van der Waals surface area contributed by atoms with Crippen molar-refractivity contribution >= 4 is 18.2 Å². The van der Waals surface area contributed by atoms with E-state index in [0.717, 1.165) is 17.0 Å². The van der Waals surface area contributed by atoms with Crippen LogP contribution in [-0.4, -0.2) is 36.9 Å². The summed E-state index contributed by atoms with van der Waals surface area (Å²) in [6.07, 6.45) is 2.83. The van der Waals surface area contributed by atoms with E-state index in [2.05, 4.69) is 24.3 Å². The Morgan fingerprint density at radius 1 is 1.13 bits per heavy atom. The second-order valence-electron chi connectivity index (χ2n) is 7.86. The van der Waals surface area contributed by atoms with Gasteiger partial charge in [0.25, 0.3) is 5.91 Å². The van der Waals surface area contributed by atoms with E-state index >= 15 is 0 Å². The zero-order valence-corrected chi connectivity index (χ0v) is 18.4. The number of benzene rings is 2. The van der Waals surface area contributed by atoms with Gasteiger partial charge in [0.05, 0.1) is 19.9 Å². The molecule has 0 saturated carbocycles. The van der Waals surface area contributed by atoms with Gasteiger partial charge < -0.3 is 14.8 Å². The van der Waals surface area contributed by atoms with Gasteiger partial charge in [0.1, 0.15) is 5.54 Å². The van der Waals surface area contributed by atoms with E-state index in [4.69, 9.17) is 9.47 Å². The van der Waals surface area contributed by atoms with Gasteiger partial charge in [-0.25, -0.2) is 4.79 Å². The van der Waals surface area contributed by atoms with E-state index in [1.807, 2.05) is 37.3 Å².